The number of benzene rings is 4. The lowest BCUT2D eigenvalue weighted by molar-refractivity contribution is 0.275. The second kappa shape index (κ2) is 8.30. The van der Waals surface area contributed by atoms with Crippen molar-refractivity contribution in [2.45, 2.75) is 65.6 Å². The molecule has 0 aliphatic heterocycles. The van der Waals surface area contributed by atoms with Gasteiger partial charge in [0, 0.05) is 22.3 Å². The lowest BCUT2D eigenvalue weighted by Crippen LogP contribution is -2.11. The van der Waals surface area contributed by atoms with E-state index in [1.807, 2.05) is 24.3 Å². The molecule has 0 aliphatic carbocycles. The maximum absolute atomic E-state index is 11.3. The number of aliphatic hydroxyl groups excluding tert-OH is 2. The monoisotopic (exact) mass is 458 g/mol. The quantitative estimate of drug-likeness (QED) is 0.277. The zero-order valence-electron chi connectivity index (χ0n) is 20.8. The highest BCUT2D eigenvalue weighted by Gasteiger charge is 2.24. The normalized spacial score (nSPS) is 12.6. The van der Waals surface area contributed by atoms with E-state index in [2.05, 4.69) is 53.7 Å². The van der Waals surface area contributed by atoms with E-state index in [0.29, 0.717) is 22.3 Å². The summed E-state index contributed by atoms with van der Waals surface area (Å²) in [7, 11) is 0. The zero-order valence-corrected chi connectivity index (χ0v) is 20.8. The molecule has 0 heterocycles. The third-order valence-electron chi connectivity index (χ3n) is 6.71. The van der Waals surface area contributed by atoms with Crippen molar-refractivity contribution in [3.63, 3.8) is 0 Å². The van der Waals surface area contributed by atoms with Crippen LogP contribution in [-0.4, -0.2) is 20.4 Å². The molecule has 0 saturated heterocycles. The van der Waals surface area contributed by atoms with E-state index >= 15 is 0 Å². The first-order chi connectivity index (χ1) is 15.9. The van der Waals surface area contributed by atoms with Crippen molar-refractivity contribution in [2.24, 2.45) is 0 Å². The Bertz CT molecular complexity index is 1290. The molecule has 0 spiro atoms. The summed E-state index contributed by atoms with van der Waals surface area (Å²) >= 11 is 0. The number of hydrogen-bond donors (Lipinski definition) is 4. The summed E-state index contributed by atoms with van der Waals surface area (Å²) in [5.74, 6) is -0.129. The SMILES string of the molecule is CC(C)(C)c1ccc2c(-c3c(O)c(CO)cc4cc(C(C)(C)C)ccc34)c(O)c(CO)cc2c1. The molecule has 0 radical (unpaired) electrons. The Labute approximate surface area is 201 Å². The average Bonchev–Trinajstić information content (AvgIpc) is 2.77. The van der Waals surface area contributed by atoms with Crippen LogP contribution in [0.3, 0.4) is 0 Å². The van der Waals surface area contributed by atoms with Gasteiger partial charge in [-0.2, -0.15) is 0 Å². The van der Waals surface area contributed by atoms with Crippen LogP contribution in [0.2, 0.25) is 0 Å². The molecule has 4 nitrogen and oxygen atoms in total. The van der Waals surface area contributed by atoms with Crippen LogP contribution < -0.4 is 0 Å². The summed E-state index contributed by atoms with van der Waals surface area (Å²) in [5, 5.41) is 45.9. The van der Waals surface area contributed by atoms with Crippen molar-refractivity contribution >= 4 is 21.5 Å². The van der Waals surface area contributed by atoms with E-state index in [-0.39, 0.29) is 35.5 Å². The third kappa shape index (κ3) is 4.02. The van der Waals surface area contributed by atoms with Gasteiger partial charge in [0.1, 0.15) is 11.5 Å². The molecule has 0 aliphatic rings. The maximum Gasteiger partial charge on any atom is 0.129 e. The Kier molecular flexibility index (Phi) is 5.87. The largest absolute Gasteiger partial charge is 0.507 e. The molecule has 0 fully saturated rings. The van der Waals surface area contributed by atoms with E-state index in [0.717, 1.165) is 32.7 Å². The van der Waals surface area contributed by atoms with Gasteiger partial charge in [0.05, 0.1) is 13.2 Å². The third-order valence-corrected chi connectivity index (χ3v) is 6.71. The summed E-state index contributed by atoms with van der Waals surface area (Å²) in [6.07, 6.45) is 0. The Morgan fingerprint density at radius 3 is 1.21 bits per heavy atom. The molecule has 178 valence electrons. The smallest absolute Gasteiger partial charge is 0.129 e. The molecule has 0 amide bonds. The minimum absolute atomic E-state index is 0.0647. The van der Waals surface area contributed by atoms with Gasteiger partial charge in [-0.25, -0.2) is 0 Å². The van der Waals surface area contributed by atoms with Gasteiger partial charge < -0.3 is 20.4 Å². The number of aliphatic hydroxyl groups is 2. The number of phenols is 2. The number of aromatic hydroxyl groups is 2. The van der Waals surface area contributed by atoms with Crippen molar-refractivity contribution in [3.05, 3.63) is 70.8 Å². The standard InChI is InChI=1S/C30H34O4/c1-29(2,3)21-7-9-23-17(13-21)11-19(15-31)27(33)25(23)26-24-10-8-22(30(4,5)6)14-18(24)12-20(16-32)28(26)34/h7-14,31-34H,15-16H2,1-6H3. The fraction of sp³-hybridized carbons (Fsp3) is 0.333. The zero-order chi connectivity index (χ0) is 25.0. The molecule has 4 rings (SSSR count). The summed E-state index contributed by atoms with van der Waals surface area (Å²) < 4.78 is 0. The van der Waals surface area contributed by atoms with E-state index in [9.17, 15) is 20.4 Å². The second-order valence-corrected chi connectivity index (χ2v) is 11.2. The van der Waals surface area contributed by atoms with Crippen LogP contribution in [0.1, 0.15) is 63.8 Å². The van der Waals surface area contributed by atoms with Crippen LogP contribution in [0.15, 0.2) is 48.5 Å². The van der Waals surface area contributed by atoms with Crippen LogP contribution in [0.25, 0.3) is 32.7 Å². The van der Waals surface area contributed by atoms with Gasteiger partial charge in [-0.3, -0.25) is 0 Å². The van der Waals surface area contributed by atoms with Crippen molar-refractivity contribution in [2.75, 3.05) is 0 Å². The molecule has 4 heteroatoms. The molecule has 0 saturated carbocycles. The summed E-state index contributed by atoms with van der Waals surface area (Å²) in [5.41, 5.74) is 3.83. The molecule has 0 unspecified atom stereocenters. The van der Waals surface area contributed by atoms with E-state index in [1.165, 1.54) is 0 Å². The van der Waals surface area contributed by atoms with Crippen LogP contribution in [0, 0.1) is 0 Å². The minimum Gasteiger partial charge on any atom is -0.507 e. The first-order valence-electron chi connectivity index (χ1n) is 11.7. The minimum atomic E-state index is -0.332. The van der Waals surface area contributed by atoms with E-state index in [1.54, 1.807) is 12.1 Å². The first-order valence-corrected chi connectivity index (χ1v) is 11.7. The van der Waals surface area contributed by atoms with Gasteiger partial charge in [0.2, 0.25) is 0 Å². The van der Waals surface area contributed by atoms with Crippen LogP contribution >= 0.6 is 0 Å². The second-order valence-electron chi connectivity index (χ2n) is 11.2. The summed E-state index contributed by atoms with van der Waals surface area (Å²) in [4.78, 5) is 0. The van der Waals surface area contributed by atoms with Crippen molar-refractivity contribution in [1.29, 1.82) is 0 Å². The fourth-order valence-electron chi connectivity index (χ4n) is 4.59. The van der Waals surface area contributed by atoms with Crippen LogP contribution in [0.4, 0.5) is 0 Å². The fourth-order valence-corrected chi connectivity index (χ4v) is 4.59. The summed E-state index contributed by atoms with van der Waals surface area (Å²) in [6, 6.07) is 15.8. The Hall–Kier alpha value is -3.08. The molecule has 0 bridgehead atoms. The number of fused-ring (bicyclic) bond motifs is 2. The first kappa shape index (κ1) is 24.1. The number of hydrogen-bond acceptors (Lipinski definition) is 4. The van der Waals surface area contributed by atoms with Gasteiger partial charge in [-0.15, -0.1) is 0 Å². The highest BCUT2D eigenvalue weighted by molar-refractivity contribution is 6.10. The van der Waals surface area contributed by atoms with Gasteiger partial charge in [0.15, 0.2) is 0 Å². The lowest BCUT2D eigenvalue weighted by atomic mass is 9.82. The van der Waals surface area contributed by atoms with Crippen molar-refractivity contribution in [3.8, 4) is 22.6 Å². The Balaban J connectivity index is 2.16. The molecular formula is C30H34O4. The van der Waals surface area contributed by atoms with Crippen LogP contribution in [0.5, 0.6) is 11.5 Å². The maximum atomic E-state index is 11.3. The van der Waals surface area contributed by atoms with E-state index < -0.39 is 0 Å². The van der Waals surface area contributed by atoms with E-state index in [4.69, 9.17) is 0 Å². The molecule has 4 aromatic rings. The average molecular weight is 459 g/mol. The Morgan fingerprint density at radius 1 is 0.559 bits per heavy atom. The molecule has 34 heavy (non-hydrogen) atoms. The summed E-state index contributed by atoms with van der Waals surface area (Å²) in [6.45, 7) is 12.2. The molecule has 4 N–H and O–H groups in total. The molecule has 0 aromatic heterocycles. The molecular weight excluding hydrogens is 424 g/mol. The van der Waals surface area contributed by atoms with Gasteiger partial charge in [0.25, 0.3) is 0 Å². The van der Waals surface area contributed by atoms with Crippen molar-refractivity contribution in [1.82, 2.24) is 0 Å². The van der Waals surface area contributed by atoms with Gasteiger partial charge >= 0.3 is 0 Å². The van der Waals surface area contributed by atoms with Gasteiger partial charge in [-0.1, -0.05) is 77.9 Å². The number of rotatable bonds is 3. The molecule has 0 atom stereocenters. The highest BCUT2D eigenvalue weighted by Crippen LogP contribution is 2.48. The topological polar surface area (TPSA) is 80.9 Å². The van der Waals surface area contributed by atoms with Gasteiger partial charge in [-0.05, 0) is 55.6 Å². The van der Waals surface area contributed by atoms with Crippen molar-refractivity contribution < 1.29 is 20.4 Å². The molecule has 4 aromatic carbocycles. The predicted octanol–water partition coefficient (Wildman–Crippen LogP) is 6.65. The lowest BCUT2D eigenvalue weighted by Gasteiger charge is -2.23. The van der Waals surface area contributed by atoms with Crippen LogP contribution in [-0.2, 0) is 24.0 Å². The highest BCUT2D eigenvalue weighted by atomic mass is 16.3. The Morgan fingerprint density at radius 2 is 0.912 bits per heavy atom. The predicted molar refractivity (Wildman–Crippen MR) is 139 cm³/mol.